The number of nitrogens with zero attached hydrogens (tertiary/aromatic N) is 3. The molecule has 0 saturated heterocycles. The normalized spacial score (nSPS) is 13.8. The largest absolute Gasteiger partial charge is 0.366 e. The molecule has 0 fully saturated rings. The first-order valence-electron chi connectivity index (χ1n) is 10.7. The number of sulfonamides is 1. The molecule has 0 saturated carbocycles. The fourth-order valence-corrected chi connectivity index (χ4v) is 5.20. The Kier molecular flexibility index (Phi) is 5.19. The minimum Gasteiger partial charge on any atom is -0.366 e. The Bertz CT molecular complexity index is 1410. The molecule has 2 aromatic carbocycles. The first-order valence-corrected chi connectivity index (χ1v) is 12.3. The van der Waals surface area contributed by atoms with E-state index in [1.54, 1.807) is 6.07 Å². The number of hydrogen-bond acceptors (Lipinski definition) is 5. The number of hydrogen-bond donors (Lipinski definition) is 2. The first-order chi connectivity index (χ1) is 15.4. The number of aryl methyl sites for hydroxylation is 2. The highest BCUT2D eigenvalue weighted by molar-refractivity contribution is 7.89. The molecule has 32 heavy (non-hydrogen) atoms. The van der Waals surface area contributed by atoms with Gasteiger partial charge in [-0.3, -0.25) is 4.57 Å². The molecule has 4 aromatic rings. The maximum absolute atomic E-state index is 12.1. The molecule has 0 amide bonds. The van der Waals surface area contributed by atoms with Crippen molar-refractivity contribution in [1.82, 2.24) is 14.5 Å². The van der Waals surface area contributed by atoms with Crippen LogP contribution in [0.15, 0.2) is 59.5 Å². The second-order valence-electron chi connectivity index (χ2n) is 8.20. The summed E-state index contributed by atoms with van der Waals surface area (Å²) in [5, 5.41) is 9.54. The van der Waals surface area contributed by atoms with Gasteiger partial charge in [0, 0.05) is 23.2 Å². The van der Waals surface area contributed by atoms with Gasteiger partial charge in [0.15, 0.2) is 0 Å². The van der Waals surface area contributed by atoms with Gasteiger partial charge in [0.1, 0.15) is 5.82 Å². The molecule has 164 valence electrons. The first kappa shape index (κ1) is 20.7. The van der Waals surface area contributed by atoms with Crippen LogP contribution in [0.4, 0.5) is 5.82 Å². The smallest absolute Gasteiger partial charge is 0.238 e. The summed E-state index contributed by atoms with van der Waals surface area (Å²) in [6.45, 7) is 2.59. The van der Waals surface area contributed by atoms with Crippen molar-refractivity contribution in [2.45, 2.75) is 44.0 Å². The fraction of sp³-hybridized carbons (Fsp3) is 0.250. The monoisotopic (exact) mass is 447 g/mol. The zero-order chi connectivity index (χ0) is 22.3. The lowest BCUT2D eigenvalue weighted by Crippen LogP contribution is -2.16. The van der Waals surface area contributed by atoms with Crippen molar-refractivity contribution in [2.75, 3.05) is 5.32 Å². The Morgan fingerprint density at radius 2 is 1.81 bits per heavy atom. The molecule has 2 heterocycles. The molecule has 0 aliphatic heterocycles. The van der Waals surface area contributed by atoms with Gasteiger partial charge in [-0.1, -0.05) is 36.4 Å². The van der Waals surface area contributed by atoms with Crippen LogP contribution >= 0.6 is 0 Å². The van der Waals surface area contributed by atoms with Crippen LogP contribution in [-0.2, 0) is 29.4 Å². The van der Waals surface area contributed by atoms with Crippen LogP contribution in [0.3, 0.4) is 0 Å². The molecule has 0 bridgehead atoms. The van der Waals surface area contributed by atoms with Crippen LogP contribution in [0.2, 0.25) is 0 Å². The predicted molar refractivity (Wildman–Crippen MR) is 125 cm³/mol. The summed E-state index contributed by atoms with van der Waals surface area (Å²) >= 11 is 0. The summed E-state index contributed by atoms with van der Waals surface area (Å²) < 4.78 is 26.1. The van der Waals surface area contributed by atoms with E-state index in [9.17, 15) is 8.42 Å². The molecule has 7 nitrogen and oxygen atoms in total. The van der Waals surface area contributed by atoms with Crippen LogP contribution in [0.1, 0.15) is 35.4 Å². The van der Waals surface area contributed by atoms with Crippen molar-refractivity contribution in [1.29, 1.82) is 0 Å². The van der Waals surface area contributed by atoms with E-state index in [0.29, 0.717) is 17.9 Å². The summed E-state index contributed by atoms with van der Waals surface area (Å²) in [6.07, 6.45) is 4.08. The number of rotatable bonds is 5. The Morgan fingerprint density at radius 1 is 1.03 bits per heavy atom. The topological polar surface area (TPSA) is 103 Å². The Labute approximate surface area is 187 Å². The van der Waals surface area contributed by atoms with Crippen molar-refractivity contribution < 1.29 is 8.42 Å². The molecular formula is C24H25N5O2S. The zero-order valence-corrected chi connectivity index (χ0v) is 18.7. The lowest BCUT2D eigenvalue weighted by molar-refractivity contribution is 0.598. The second kappa shape index (κ2) is 8.03. The minimum absolute atomic E-state index is 0.109. The van der Waals surface area contributed by atoms with Crippen LogP contribution in [0.25, 0.3) is 16.9 Å². The molecule has 0 atom stereocenters. The fourth-order valence-electron chi connectivity index (χ4n) is 4.46. The molecule has 8 heteroatoms. The van der Waals surface area contributed by atoms with Gasteiger partial charge in [-0.25, -0.2) is 18.5 Å². The zero-order valence-electron chi connectivity index (χ0n) is 17.9. The van der Waals surface area contributed by atoms with Crippen molar-refractivity contribution >= 4 is 26.7 Å². The summed E-state index contributed by atoms with van der Waals surface area (Å²) in [4.78, 5) is 9.92. The van der Waals surface area contributed by atoms with E-state index in [-0.39, 0.29) is 4.90 Å². The summed E-state index contributed by atoms with van der Waals surface area (Å²) in [5.41, 5.74) is 4.98. The van der Waals surface area contributed by atoms with Crippen molar-refractivity contribution in [3.05, 3.63) is 77.1 Å². The molecular weight excluding hydrogens is 422 g/mol. The highest BCUT2D eigenvalue weighted by atomic mass is 32.2. The standard InChI is InChI=1S/C24H25N5O2S/c1-16-14-19-21(12-7-13-22(19)32(25,30)31)29(16)24-27-20-11-6-5-10-18(20)23(28-24)26-15-17-8-3-2-4-9-17/h2-4,7-9,12-14H,5-6,10-11,15H2,1H3,(H2,25,30,31)(H,26,27,28). The number of primary sulfonamides is 1. The number of benzene rings is 2. The SMILES string of the molecule is Cc1cc2c(S(N)(=O)=O)cccc2n1-c1nc2c(c(NCc3ccccc3)n1)CCCC2. The maximum atomic E-state index is 12.1. The van der Waals surface area contributed by atoms with Crippen LogP contribution < -0.4 is 10.5 Å². The Balaban J connectivity index is 1.64. The number of nitrogens with one attached hydrogen (secondary N) is 1. The quantitative estimate of drug-likeness (QED) is 0.483. The molecule has 2 aromatic heterocycles. The van der Waals surface area contributed by atoms with E-state index in [0.717, 1.165) is 48.4 Å². The lowest BCUT2D eigenvalue weighted by atomic mass is 9.96. The van der Waals surface area contributed by atoms with Gasteiger partial charge < -0.3 is 5.32 Å². The Morgan fingerprint density at radius 3 is 2.59 bits per heavy atom. The van der Waals surface area contributed by atoms with Crippen molar-refractivity contribution in [2.24, 2.45) is 5.14 Å². The van der Waals surface area contributed by atoms with E-state index in [4.69, 9.17) is 15.1 Å². The van der Waals surface area contributed by atoms with Crippen molar-refractivity contribution in [3.8, 4) is 5.95 Å². The second-order valence-corrected chi connectivity index (χ2v) is 9.73. The number of nitrogens with two attached hydrogens (primary N) is 1. The minimum atomic E-state index is -3.84. The summed E-state index contributed by atoms with van der Waals surface area (Å²) in [6, 6.07) is 17.1. The summed E-state index contributed by atoms with van der Waals surface area (Å²) in [7, 11) is -3.84. The highest BCUT2D eigenvalue weighted by Gasteiger charge is 2.22. The van der Waals surface area contributed by atoms with Crippen LogP contribution in [0.5, 0.6) is 0 Å². The van der Waals surface area contributed by atoms with E-state index < -0.39 is 10.0 Å². The molecule has 0 spiro atoms. The van der Waals surface area contributed by atoms with Gasteiger partial charge in [0.25, 0.3) is 0 Å². The maximum Gasteiger partial charge on any atom is 0.238 e. The third-order valence-corrected chi connectivity index (χ3v) is 6.94. The van der Waals surface area contributed by atoms with E-state index >= 15 is 0 Å². The number of fused-ring (bicyclic) bond motifs is 2. The predicted octanol–water partition coefficient (Wildman–Crippen LogP) is 3.87. The third kappa shape index (κ3) is 3.76. The molecule has 0 radical (unpaired) electrons. The molecule has 1 aliphatic carbocycles. The highest BCUT2D eigenvalue weighted by Crippen LogP contribution is 2.31. The average Bonchev–Trinajstić information content (AvgIpc) is 3.13. The molecule has 0 unspecified atom stereocenters. The molecule has 5 rings (SSSR count). The van der Waals surface area contributed by atoms with Gasteiger partial charge in [0.05, 0.1) is 16.1 Å². The van der Waals surface area contributed by atoms with Crippen LogP contribution in [0, 0.1) is 6.92 Å². The van der Waals surface area contributed by atoms with Gasteiger partial charge in [0.2, 0.25) is 16.0 Å². The average molecular weight is 448 g/mol. The summed E-state index contributed by atoms with van der Waals surface area (Å²) in [5.74, 6) is 1.39. The van der Waals surface area contributed by atoms with E-state index in [2.05, 4.69) is 17.4 Å². The Hall–Kier alpha value is -3.23. The van der Waals surface area contributed by atoms with Gasteiger partial charge in [-0.05, 0) is 56.4 Å². The lowest BCUT2D eigenvalue weighted by Gasteiger charge is -2.21. The number of aromatic nitrogens is 3. The van der Waals surface area contributed by atoms with E-state index in [1.165, 1.54) is 17.2 Å². The number of anilines is 1. The molecule has 1 aliphatic rings. The third-order valence-electron chi connectivity index (χ3n) is 5.97. The van der Waals surface area contributed by atoms with Gasteiger partial charge in [-0.15, -0.1) is 0 Å². The van der Waals surface area contributed by atoms with Crippen molar-refractivity contribution in [3.63, 3.8) is 0 Å². The van der Waals surface area contributed by atoms with Gasteiger partial charge >= 0.3 is 0 Å². The van der Waals surface area contributed by atoms with Gasteiger partial charge in [-0.2, -0.15) is 4.98 Å². The van der Waals surface area contributed by atoms with E-state index in [1.807, 2.05) is 41.8 Å². The molecule has 3 N–H and O–H groups in total. The van der Waals surface area contributed by atoms with Crippen LogP contribution in [-0.4, -0.2) is 23.0 Å².